The average Bonchev–Trinajstić information content (AvgIpc) is 2.17. The molecule has 4 nitrogen and oxygen atoms in total. The van der Waals surface area contributed by atoms with Crippen LogP contribution in [-0.4, -0.2) is 12.4 Å². The van der Waals surface area contributed by atoms with Crippen LogP contribution in [0.4, 0.5) is 9.18 Å². The minimum Gasteiger partial charge on any atom is -0.334 e. The van der Waals surface area contributed by atoms with Crippen LogP contribution in [0, 0.1) is 5.82 Å². The lowest BCUT2D eigenvalue weighted by molar-refractivity contribution is -0.108. The molecule has 0 aliphatic rings. The predicted octanol–water partition coefficient (Wildman–Crippen LogP) is 0.781. The molecule has 14 heavy (non-hydrogen) atoms. The van der Waals surface area contributed by atoms with E-state index in [1.807, 2.05) is 5.32 Å². The highest BCUT2D eigenvalue weighted by atomic mass is 19.1. The van der Waals surface area contributed by atoms with Crippen LogP contribution in [0.2, 0.25) is 0 Å². The molecule has 0 aromatic heterocycles. The quantitative estimate of drug-likeness (QED) is 0.702. The minimum absolute atomic E-state index is 0.250. The SMILES string of the molecule is O=CNC(=O)NCc1ccc(F)cc1. The third-order valence-electron chi connectivity index (χ3n) is 1.56. The van der Waals surface area contributed by atoms with E-state index in [0.29, 0.717) is 6.41 Å². The summed E-state index contributed by atoms with van der Waals surface area (Å²) >= 11 is 0. The molecule has 0 aliphatic heterocycles. The number of benzene rings is 1. The van der Waals surface area contributed by atoms with Gasteiger partial charge >= 0.3 is 6.03 Å². The molecule has 0 spiro atoms. The molecule has 1 aromatic rings. The maximum Gasteiger partial charge on any atom is 0.321 e. The summed E-state index contributed by atoms with van der Waals surface area (Å²) in [5, 5.41) is 4.34. The number of hydrogen-bond acceptors (Lipinski definition) is 2. The number of urea groups is 1. The Bertz CT molecular complexity index is 324. The van der Waals surface area contributed by atoms with Crippen LogP contribution < -0.4 is 10.6 Å². The molecule has 5 heteroatoms. The van der Waals surface area contributed by atoms with E-state index in [0.717, 1.165) is 5.56 Å². The molecule has 0 unspecified atom stereocenters. The van der Waals surface area contributed by atoms with Gasteiger partial charge in [0.15, 0.2) is 0 Å². The van der Waals surface area contributed by atoms with E-state index in [9.17, 15) is 14.0 Å². The summed E-state index contributed by atoms with van der Waals surface area (Å²) < 4.78 is 12.5. The third-order valence-corrected chi connectivity index (χ3v) is 1.56. The molecule has 3 amide bonds. The number of halogens is 1. The molecule has 0 radical (unpaired) electrons. The van der Waals surface area contributed by atoms with Crippen molar-refractivity contribution in [3.05, 3.63) is 35.6 Å². The standard InChI is InChI=1S/C9H9FN2O2/c10-8-3-1-7(2-4-8)5-11-9(14)12-6-13/h1-4,6H,5H2,(H2,11,12,13,14). The molecule has 0 saturated heterocycles. The largest absolute Gasteiger partial charge is 0.334 e. The van der Waals surface area contributed by atoms with Crippen molar-refractivity contribution in [2.45, 2.75) is 6.54 Å². The van der Waals surface area contributed by atoms with Crippen LogP contribution in [-0.2, 0) is 11.3 Å². The van der Waals surface area contributed by atoms with Crippen molar-refractivity contribution in [3.8, 4) is 0 Å². The van der Waals surface area contributed by atoms with Gasteiger partial charge in [0.1, 0.15) is 5.82 Å². The van der Waals surface area contributed by atoms with E-state index >= 15 is 0 Å². The van der Waals surface area contributed by atoms with Gasteiger partial charge in [-0.05, 0) is 17.7 Å². The van der Waals surface area contributed by atoms with Crippen LogP contribution in [0.25, 0.3) is 0 Å². The number of carbonyl (C=O) groups is 2. The molecule has 0 bridgehead atoms. The Kier molecular flexibility index (Phi) is 3.60. The third kappa shape index (κ3) is 3.22. The van der Waals surface area contributed by atoms with Crippen molar-refractivity contribution in [2.24, 2.45) is 0 Å². The second kappa shape index (κ2) is 4.96. The van der Waals surface area contributed by atoms with E-state index in [-0.39, 0.29) is 12.4 Å². The topological polar surface area (TPSA) is 58.2 Å². The zero-order valence-corrected chi connectivity index (χ0v) is 7.29. The molecule has 2 N–H and O–H groups in total. The lowest BCUT2D eigenvalue weighted by Crippen LogP contribution is -2.33. The highest BCUT2D eigenvalue weighted by molar-refractivity contribution is 5.84. The highest BCUT2D eigenvalue weighted by Gasteiger charge is 1.98. The fourth-order valence-electron chi connectivity index (χ4n) is 0.889. The maximum absolute atomic E-state index is 12.5. The van der Waals surface area contributed by atoms with E-state index in [1.165, 1.54) is 12.1 Å². The van der Waals surface area contributed by atoms with E-state index < -0.39 is 6.03 Å². The zero-order valence-electron chi connectivity index (χ0n) is 7.29. The fraction of sp³-hybridized carbons (Fsp3) is 0.111. The summed E-state index contributed by atoms with van der Waals surface area (Å²) in [6.45, 7) is 0.250. The first-order chi connectivity index (χ1) is 6.72. The molecule has 0 fully saturated rings. The molecule has 1 aromatic carbocycles. The van der Waals surface area contributed by atoms with Crippen molar-refractivity contribution in [1.29, 1.82) is 0 Å². The summed E-state index contributed by atoms with van der Waals surface area (Å²) in [5.41, 5.74) is 0.757. The van der Waals surface area contributed by atoms with Gasteiger partial charge in [-0.3, -0.25) is 10.1 Å². The first-order valence-electron chi connectivity index (χ1n) is 3.95. The Morgan fingerprint density at radius 3 is 2.57 bits per heavy atom. The molecule has 0 saturated carbocycles. The highest BCUT2D eigenvalue weighted by Crippen LogP contribution is 2.01. The van der Waals surface area contributed by atoms with Gasteiger partial charge in [-0.2, -0.15) is 0 Å². The zero-order chi connectivity index (χ0) is 10.4. The lowest BCUT2D eigenvalue weighted by Gasteiger charge is -2.03. The van der Waals surface area contributed by atoms with Crippen molar-refractivity contribution in [2.75, 3.05) is 0 Å². The Morgan fingerprint density at radius 2 is 2.00 bits per heavy atom. The molecule has 0 heterocycles. The van der Waals surface area contributed by atoms with Gasteiger partial charge < -0.3 is 5.32 Å². The van der Waals surface area contributed by atoms with Crippen LogP contribution in [0.5, 0.6) is 0 Å². The van der Waals surface area contributed by atoms with Crippen LogP contribution >= 0.6 is 0 Å². The number of hydrogen-bond donors (Lipinski definition) is 2. The Labute approximate surface area is 80.1 Å². The lowest BCUT2D eigenvalue weighted by atomic mass is 10.2. The maximum atomic E-state index is 12.5. The van der Waals surface area contributed by atoms with Gasteiger partial charge in [0, 0.05) is 6.54 Å². The van der Waals surface area contributed by atoms with Gasteiger partial charge in [0.2, 0.25) is 6.41 Å². The Morgan fingerprint density at radius 1 is 1.36 bits per heavy atom. The summed E-state index contributed by atoms with van der Waals surface area (Å²) in [6, 6.07) is 5.13. The minimum atomic E-state index is -0.579. The predicted molar refractivity (Wildman–Crippen MR) is 47.8 cm³/mol. The fourth-order valence-corrected chi connectivity index (χ4v) is 0.889. The van der Waals surface area contributed by atoms with Crippen LogP contribution in [0.1, 0.15) is 5.56 Å². The second-order valence-corrected chi connectivity index (χ2v) is 2.57. The van der Waals surface area contributed by atoms with E-state index in [4.69, 9.17) is 0 Å². The summed E-state index contributed by atoms with van der Waals surface area (Å²) in [4.78, 5) is 20.6. The Hall–Kier alpha value is -1.91. The summed E-state index contributed by atoms with van der Waals surface area (Å²) in [5.74, 6) is -0.328. The Balaban J connectivity index is 2.41. The molecule has 1 rings (SSSR count). The summed E-state index contributed by atoms with van der Waals surface area (Å²) in [7, 11) is 0. The number of nitrogens with one attached hydrogen (secondary N) is 2. The van der Waals surface area contributed by atoms with E-state index in [1.54, 1.807) is 12.1 Å². The van der Waals surface area contributed by atoms with Gasteiger partial charge in [-0.1, -0.05) is 12.1 Å². The van der Waals surface area contributed by atoms with Gasteiger partial charge in [-0.15, -0.1) is 0 Å². The molecular formula is C9H9FN2O2. The number of imide groups is 1. The first-order valence-corrected chi connectivity index (χ1v) is 3.95. The second-order valence-electron chi connectivity index (χ2n) is 2.57. The first kappa shape index (κ1) is 10.2. The van der Waals surface area contributed by atoms with E-state index in [2.05, 4.69) is 5.32 Å². The number of amides is 3. The van der Waals surface area contributed by atoms with Crippen LogP contribution in [0.3, 0.4) is 0 Å². The molecule has 0 atom stereocenters. The molecule has 74 valence electrons. The van der Waals surface area contributed by atoms with Crippen molar-refractivity contribution >= 4 is 12.4 Å². The number of rotatable bonds is 3. The molecular weight excluding hydrogens is 187 g/mol. The molecule has 0 aliphatic carbocycles. The smallest absolute Gasteiger partial charge is 0.321 e. The van der Waals surface area contributed by atoms with Crippen LogP contribution in [0.15, 0.2) is 24.3 Å². The van der Waals surface area contributed by atoms with Gasteiger partial charge in [0.05, 0.1) is 0 Å². The van der Waals surface area contributed by atoms with Gasteiger partial charge in [-0.25, -0.2) is 9.18 Å². The normalized spacial score (nSPS) is 9.21. The summed E-state index contributed by atoms with van der Waals surface area (Å²) in [6.07, 6.45) is 0.292. The van der Waals surface area contributed by atoms with Crippen molar-refractivity contribution in [3.63, 3.8) is 0 Å². The van der Waals surface area contributed by atoms with Crippen molar-refractivity contribution in [1.82, 2.24) is 10.6 Å². The average molecular weight is 196 g/mol. The van der Waals surface area contributed by atoms with Crippen molar-refractivity contribution < 1.29 is 14.0 Å². The van der Waals surface area contributed by atoms with Gasteiger partial charge in [0.25, 0.3) is 0 Å². The number of carbonyl (C=O) groups excluding carboxylic acids is 2. The monoisotopic (exact) mass is 196 g/mol.